The Morgan fingerprint density at radius 1 is 1.64 bits per heavy atom. The second-order valence-corrected chi connectivity index (χ2v) is 2.22. The molecule has 0 aliphatic carbocycles. The maximum absolute atomic E-state index is 11.0. The Labute approximate surface area is 68.1 Å². The summed E-state index contributed by atoms with van der Waals surface area (Å²) in [5.41, 5.74) is -0.590. The number of rotatable bonds is 1. The van der Waals surface area contributed by atoms with Crippen molar-refractivity contribution in [1.29, 1.82) is 0 Å². The molecule has 11 heavy (non-hydrogen) atoms. The van der Waals surface area contributed by atoms with Gasteiger partial charge in [-0.25, -0.2) is 0 Å². The number of hydrogen-bond acceptors (Lipinski definition) is 4. The quantitative estimate of drug-likeness (QED) is 0.643. The summed E-state index contributed by atoms with van der Waals surface area (Å²) in [5, 5.41) is 15.4. The Bertz CT molecular complexity index is 322. The molecule has 1 radical (unpaired) electrons. The van der Waals surface area contributed by atoms with Crippen molar-refractivity contribution in [3.05, 3.63) is 10.4 Å². The van der Waals surface area contributed by atoms with E-state index in [1.165, 1.54) is 0 Å². The summed E-state index contributed by atoms with van der Waals surface area (Å²) in [6.45, 7) is 2.12. The lowest BCUT2D eigenvalue weighted by Crippen LogP contribution is -2.22. The molecule has 0 fully saturated rings. The molecule has 0 aliphatic rings. The van der Waals surface area contributed by atoms with Crippen LogP contribution in [0.2, 0.25) is 0 Å². The third kappa shape index (κ3) is 1.30. The van der Waals surface area contributed by atoms with Crippen LogP contribution in [0.15, 0.2) is 9.95 Å². The molecule has 0 aliphatic heterocycles. The van der Waals surface area contributed by atoms with Crippen LogP contribution in [0, 0.1) is 0 Å². The first-order chi connectivity index (χ1) is 5.16. The van der Waals surface area contributed by atoms with Crippen molar-refractivity contribution in [2.24, 2.45) is 0 Å². The maximum atomic E-state index is 11.0. The van der Waals surface area contributed by atoms with E-state index in [-0.39, 0.29) is 5.16 Å². The molecule has 1 aromatic rings. The van der Waals surface area contributed by atoms with Crippen LogP contribution in [0.1, 0.15) is 6.92 Å². The van der Waals surface area contributed by atoms with Gasteiger partial charge in [0.2, 0.25) is 5.16 Å². The third-order valence-electron chi connectivity index (χ3n) is 1.21. The Kier molecular flexibility index (Phi) is 2.04. The molecular formula is C5H6N3O2S. The van der Waals surface area contributed by atoms with Gasteiger partial charge in [0.05, 0.1) is 0 Å². The summed E-state index contributed by atoms with van der Waals surface area (Å²) in [4.78, 5) is 11.0. The van der Waals surface area contributed by atoms with Gasteiger partial charge in [-0.1, -0.05) is 0 Å². The van der Waals surface area contributed by atoms with Gasteiger partial charge in [-0.2, -0.15) is 0 Å². The van der Waals surface area contributed by atoms with E-state index in [1.807, 2.05) is 0 Å². The van der Waals surface area contributed by atoms with Crippen molar-refractivity contribution >= 4 is 12.6 Å². The monoisotopic (exact) mass is 172 g/mol. The van der Waals surface area contributed by atoms with E-state index in [0.717, 1.165) is 4.57 Å². The Hall–Kier alpha value is -1.17. The Morgan fingerprint density at radius 2 is 2.27 bits per heavy atom. The summed E-state index contributed by atoms with van der Waals surface area (Å²) in [7, 11) is 0. The van der Waals surface area contributed by atoms with Crippen LogP contribution in [0.3, 0.4) is 0 Å². The first-order valence-electron chi connectivity index (χ1n) is 3.00. The average Bonchev–Trinajstić information content (AvgIpc) is 1.99. The lowest BCUT2D eigenvalue weighted by molar-refractivity contribution is 0.410. The summed E-state index contributed by atoms with van der Waals surface area (Å²) >= 11 is 4.68. The highest BCUT2D eigenvalue weighted by atomic mass is 32.1. The van der Waals surface area contributed by atoms with Gasteiger partial charge in [0.25, 0.3) is 5.88 Å². The molecule has 0 spiro atoms. The molecule has 0 amide bonds. The molecule has 0 atom stereocenters. The molecule has 5 nitrogen and oxygen atoms in total. The fourth-order valence-corrected chi connectivity index (χ4v) is 0.926. The minimum Gasteiger partial charge on any atom is -0.488 e. The van der Waals surface area contributed by atoms with E-state index >= 15 is 0 Å². The molecule has 0 saturated carbocycles. The van der Waals surface area contributed by atoms with Crippen LogP contribution in [0.5, 0.6) is 5.88 Å². The first-order valence-corrected chi connectivity index (χ1v) is 3.41. The lowest BCUT2D eigenvalue weighted by Gasteiger charge is -2.01. The SMILES string of the molecule is CCn1c([S])nnc(O)c1=O. The molecule has 1 N–H and O–H groups in total. The molecule has 1 aromatic heterocycles. The highest BCUT2D eigenvalue weighted by molar-refractivity contribution is 7.80. The van der Waals surface area contributed by atoms with E-state index in [9.17, 15) is 4.79 Å². The van der Waals surface area contributed by atoms with E-state index in [0.29, 0.717) is 6.54 Å². The molecule has 1 rings (SSSR count). The smallest absolute Gasteiger partial charge is 0.316 e. The minimum absolute atomic E-state index is 0.0929. The van der Waals surface area contributed by atoms with Crippen molar-refractivity contribution in [3.63, 3.8) is 0 Å². The van der Waals surface area contributed by atoms with Gasteiger partial charge in [-0.15, -0.1) is 10.2 Å². The highest BCUT2D eigenvalue weighted by Crippen LogP contribution is 1.99. The third-order valence-corrected chi connectivity index (χ3v) is 1.52. The zero-order valence-electron chi connectivity index (χ0n) is 5.81. The summed E-state index contributed by atoms with van der Waals surface area (Å²) in [6, 6.07) is 0. The molecular weight excluding hydrogens is 166 g/mol. The van der Waals surface area contributed by atoms with Crippen molar-refractivity contribution in [2.45, 2.75) is 18.6 Å². The zero-order valence-corrected chi connectivity index (χ0v) is 6.63. The fourth-order valence-electron chi connectivity index (χ4n) is 0.673. The lowest BCUT2D eigenvalue weighted by atomic mass is 10.6. The van der Waals surface area contributed by atoms with Crippen LogP contribution in [-0.4, -0.2) is 19.9 Å². The van der Waals surface area contributed by atoms with E-state index in [4.69, 9.17) is 5.11 Å². The van der Waals surface area contributed by atoms with Gasteiger partial charge in [-0.3, -0.25) is 9.36 Å². The van der Waals surface area contributed by atoms with Crippen molar-refractivity contribution in [2.75, 3.05) is 0 Å². The van der Waals surface area contributed by atoms with Gasteiger partial charge in [0.15, 0.2) is 0 Å². The summed E-state index contributed by atoms with van der Waals surface area (Å²) in [6.07, 6.45) is 0. The zero-order chi connectivity index (χ0) is 8.43. The van der Waals surface area contributed by atoms with Crippen LogP contribution in [0.4, 0.5) is 0 Å². The number of hydrogen-bond donors (Lipinski definition) is 1. The van der Waals surface area contributed by atoms with E-state index in [1.54, 1.807) is 6.92 Å². The van der Waals surface area contributed by atoms with Crippen molar-refractivity contribution in [3.8, 4) is 5.88 Å². The van der Waals surface area contributed by atoms with Gasteiger partial charge >= 0.3 is 5.56 Å². The minimum atomic E-state index is -0.611. The van der Waals surface area contributed by atoms with Crippen LogP contribution < -0.4 is 5.56 Å². The summed E-state index contributed by atoms with van der Waals surface area (Å²) in [5.74, 6) is -0.611. The molecule has 0 bridgehead atoms. The van der Waals surface area contributed by atoms with Crippen molar-refractivity contribution < 1.29 is 5.11 Å². The second-order valence-electron chi connectivity index (χ2n) is 1.86. The second kappa shape index (κ2) is 2.83. The van der Waals surface area contributed by atoms with Crippen LogP contribution in [-0.2, 0) is 6.54 Å². The molecule has 59 valence electrons. The molecule has 6 heteroatoms. The Morgan fingerprint density at radius 3 is 2.73 bits per heavy atom. The van der Waals surface area contributed by atoms with E-state index in [2.05, 4.69) is 22.8 Å². The van der Waals surface area contributed by atoms with Crippen LogP contribution >= 0.6 is 12.6 Å². The molecule has 0 unspecified atom stereocenters. The summed E-state index contributed by atoms with van der Waals surface area (Å²) < 4.78 is 1.16. The molecule has 1 heterocycles. The maximum Gasteiger partial charge on any atom is 0.316 e. The van der Waals surface area contributed by atoms with Crippen LogP contribution in [0.25, 0.3) is 0 Å². The largest absolute Gasteiger partial charge is 0.488 e. The predicted molar refractivity (Wildman–Crippen MR) is 39.5 cm³/mol. The van der Waals surface area contributed by atoms with Gasteiger partial charge in [-0.05, 0) is 19.6 Å². The average molecular weight is 172 g/mol. The van der Waals surface area contributed by atoms with Crippen molar-refractivity contribution in [1.82, 2.24) is 14.8 Å². The standard InChI is InChI=1S/C5H6N3O2S/c1-2-8-4(10)3(9)6-7-5(8)11/h2H2,1H3,(H,6,9). The number of aromatic hydroxyl groups is 1. The predicted octanol–water partition coefficient (Wildman–Crippen LogP) is -0.0798. The highest BCUT2D eigenvalue weighted by Gasteiger charge is 2.06. The number of aromatic nitrogens is 3. The van der Waals surface area contributed by atoms with Gasteiger partial charge < -0.3 is 5.11 Å². The number of nitrogens with zero attached hydrogens (tertiary/aromatic N) is 3. The first kappa shape index (κ1) is 7.93. The fraction of sp³-hybridized carbons (Fsp3) is 0.400. The molecule has 0 saturated heterocycles. The topological polar surface area (TPSA) is 68.0 Å². The van der Waals surface area contributed by atoms with Gasteiger partial charge in [0.1, 0.15) is 0 Å². The normalized spacial score (nSPS) is 9.91. The van der Waals surface area contributed by atoms with Gasteiger partial charge in [0, 0.05) is 6.54 Å². The van der Waals surface area contributed by atoms with E-state index < -0.39 is 11.4 Å². The Balaban J connectivity index is 3.41. The molecule has 0 aromatic carbocycles.